The highest BCUT2D eigenvalue weighted by Crippen LogP contribution is 2.19. The van der Waals surface area contributed by atoms with Crippen molar-refractivity contribution < 1.29 is 9.47 Å². The lowest BCUT2D eigenvalue weighted by molar-refractivity contribution is 0.149. The lowest BCUT2D eigenvalue weighted by Crippen LogP contribution is -2.10. The number of hydrogen-bond donors (Lipinski definition) is 1. The van der Waals surface area contributed by atoms with Gasteiger partial charge in [-0.1, -0.05) is 0 Å². The van der Waals surface area contributed by atoms with Crippen LogP contribution in [-0.2, 0) is 4.74 Å². The highest BCUT2D eigenvalue weighted by molar-refractivity contribution is 6.17. The molecule has 1 heterocycles. The molecule has 102 valence electrons. The predicted molar refractivity (Wildman–Crippen MR) is 72.6 cm³/mol. The molecular weight excluding hydrogens is 254 g/mol. The fourth-order valence-electron chi connectivity index (χ4n) is 1.43. The number of anilines is 1. The van der Waals surface area contributed by atoms with E-state index in [1.165, 1.54) is 6.33 Å². The molecule has 1 rings (SSSR count). The third-order valence-electron chi connectivity index (χ3n) is 2.30. The van der Waals surface area contributed by atoms with Crippen molar-refractivity contribution in [2.75, 3.05) is 37.6 Å². The van der Waals surface area contributed by atoms with E-state index in [0.29, 0.717) is 31.6 Å². The number of aromatic nitrogens is 2. The Bertz CT molecular complexity index is 350. The minimum atomic E-state index is 0.538. The van der Waals surface area contributed by atoms with Crippen molar-refractivity contribution in [3.63, 3.8) is 0 Å². The summed E-state index contributed by atoms with van der Waals surface area (Å²) in [5, 5.41) is 3.24. The van der Waals surface area contributed by atoms with Gasteiger partial charge < -0.3 is 14.8 Å². The summed E-state index contributed by atoms with van der Waals surface area (Å²) in [6, 6.07) is 0. The van der Waals surface area contributed by atoms with Gasteiger partial charge in [-0.2, -0.15) is 0 Å². The minimum Gasteiger partial charge on any atom is -0.478 e. The van der Waals surface area contributed by atoms with Gasteiger partial charge in [-0.05, 0) is 20.3 Å². The van der Waals surface area contributed by atoms with E-state index in [2.05, 4.69) is 15.3 Å². The van der Waals surface area contributed by atoms with Crippen LogP contribution in [0, 0.1) is 6.92 Å². The fraction of sp³-hybridized carbons (Fsp3) is 0.667. The first-order valence-corrected chi connectivity index (χ1v) is 6.65. The monoisotopic (exact) mass is 273 g/mol. The first-order valence-electron chi connectivity index (χ1n) is 6.11. The molecule has 0 atom stereocenters. The molecule has 0 aliphatic rings. The van der Waals surface area contributed by atoms with Crippen LogP contribution in [0.2, 0.25) is 0 Å². The van der Waals surface area contributed by atoms with E-state index in [9.17, 15) is 0 Å². The van der Waals surface area contributed by atoms with E-state index in [0.717, 1.165) is 24.3 Å². The normalized spacial score (nSPS) is 10.4. The van der Waals surface area contributed by atoms with Gasteiger partial charge in [0.1, 0.15) is 12.1 Å². The zero-order valence-electron chi connectivity index (χ0n) is 10.9. The third-order valence-corrected chi connectivity index (χ3v) is 2.45. The molecule has 0 bridgehead atoms. The van der Waals surface area contributed by atoms with E-state index in [1.807, 2.05) is 13.8 Å². The second-order valence-corrected chi connectivity index (χ2v) is 4.05. The van der Waals surface area contributed by atoms with E-state index in [-0.39, 0.29) is 0 Å². The van der Waals surface area contributed by atoms with E-state index in [4.69, 9.17) is 21.1 Å². The third kappa shape index (κ3) is 5.06. The van der Waals surface area contributed by atoms with Crippen molar-refractivity contribution in [3.05, 3.63) is 11.9 Å². The van der Waals surface area contributed by atoms with Gasteiger partial charge in [0, 0.05) is 19.0 Å². The van der Waals surface area contributed by atoms with Crippen molar-refractivity contribution in [3.8, 4) is 5.88 Å². The minimum absolute atomic E-state index is 0.538. The smallest absolute Gasteiger partial charge is 0.221 e. The molecule has 0 unspecified atom stereocenters. The topological polar surface area (TPSA) is 56.3 Å². The number of nitrogens with one attached hydrogen (secondary N) is 1. The van der Waals surface area contributed by atoms with Crippen LogP contribution in [-0.4, -0.2) is 42.2 Å². The van der Waals surface area contributed by atoms with Gasteiger partial charge in [-0.3, -0.25) is 0 Å². The molecule has 0 saturated heterocycles. The summed E-state index contributed by atoms with van der Waals surface area (Å²) in [7, 11) is 0. The van der Waals surface area contributed by atoms with Crippen molar-refractivity contribution in [1.29, 1.82) is 0 Å². The molecule has 18 heavy (non-hydrogen) atoms. The molecular formula is C12H20ClN3O2. The molecule has 5 nitrogen and oxygen atoms in total. The molecule has 0 saturated carbocycles. The van der Waals surface area contributed by atoms with Crippen LogP contribution in [0.5, 0.6) is 5.88 Å². The van der Waals surface area contributed by atoms with Gasteiger partial charge in [0.05, 0.1) is 18.8 Å². The Morgan fingerprint density at radius 2 is 2.17 bits per heavy atom. The Labute approximate surface area is 113 Å². The lowest BCUT2D eigenvalue weighted by Gasteiger charge is -2.11. The first-order chi connectivity index (χ1) is 8.79. The van der Waals surface area contributed by atoms with Crippen LogP contribution in [0.1, 0.15) is 18.9 Å². The van der Waals surface area contributed by atoms with Gasteiger partial charge in [0.2, 0.25) is 5.88 Å². The maximum Gasteiger partial charge on any atom is 0.221 e. The fourth-order valence-corrected chi connectivity index (χ4v) is 1.54. The quantitative estimate of drug-likeness (QED) is 0.552. The van der Waals surface area contributed by atoms with Crippen LogP contribution in [0.4, 0.5) is 5.82 Å². The van der Waals surface area contributed by atoms with Crippen molar-refractivity contribution in [2.45, 2.75) is 20.3 Å². The summed E-state index contributed by atoms with van der Waals surface area (Å²) in [5.74, 6) is 1.98. The molecule has 0 spiro atoms. The van der Waals surface area contributed by atoms with E-state index in [1.54, 1.807) is 0 Å². The molecule has 6 heteroatoms. The molecule has 0 aromatic carbocycles. The van der Waals surface area contributed by atoms with Crippen LogP contribution < -0.4 is 10.1 Å². The zero-order valence-corrected chi connectivity index (χ0v) is 11.7. The van der Waals surface area contributed by atoms with E-state index >= 15 is 0 Å². The SMILES string of the molecule is CCOc1ncnc(NCCCOCCCl)c1C. The van der Waals surface area contributed by atoms with Crippen molar-refractivity contribution >= 4 is 17.4 Å². The van der Waals surface area contributed by atoms with Crippen LogP contribution in [0.25, 0.3) is 0 Å². The second kappa shape index (κ2) is 8.94. The summed E-state index contributed by atoms with van der Waals surface area (Å²) in [6.45, 7) is 6.57. The van der Waals surface area contributed by atoms with Crippen molar-refractivity contribution in [1.82, 2.24) is 9.97 Å². The molecule has 1 aromatic heterocycles. The summed E-state index contributed by atoms with van der Waals surface area (Å²) in [4.78, 5) is 8.28. The van der Waals surface area contributed by atoms with Crippen molar-refractivity contribution in [2.24, 2.45) is 0 Å². The van der Waals surface area contributed by atoms with Gasteiger partial charge >= 0.3 is 0 Å². The summed E-state index contributed by atoms with van der Waals surface area (Å²) in [6.07, 6.45) is 2.41. The predicted octanol–water partition coefficient (Wildman–Crippen LogP) is 2.24. The maximum atomic E-state index is 5.51. The Balaban J connectivity index is 2.35. The molecule has 0 aliphatic heterocycles. The van der Waals surface area contributed by atoms with Crippen LogP contribution in [0.3, 0.4) is 0 Å². The van der Waals surface area contributed by atoms with E-state index < -0.39 is 0 Å². The number of alkyl halides is 1. The van der Waals surface area contributed by atoms with Gasteiger partial charge in [0.25, 0.3) is 0 Å². The largest absolute Gasteiger partial charge is 0.478 e. The molecule has 1 N–H and O–H groups in total. The summed E-state index contributed by atoms with van der Waals surface area (Å²) >= 11 is 5.51. The molecule has 0 radical (unpaired) electrons. The maximum absolute atomic E-state index is 5.51. The Hall–Kier alpha value is -1.07. The first kappa shape index (κ1) is 15.0. The second-order valence-electron chi connectivity index (χ2n) is 3.67. The Kier molecular flexibility index (Phi) is 7.44. The number of rotatable bonds is 9. The molecule has 1 aromatic rings. The summed E-state index contributed by atoms with van der Waals surface area (Å²) in [5.41, 5.74) is 0.932. The van der Waals surface area contributed by atoms with Gasteiger partial charge in [-0.15, -0.1) is 11.6 Å². The van der Waals surface area contributed by atoms with Gasteiger partial charge in [-0.25, -0.2) is 9.97 Å². The summed E-state index contributed by atoms with van der Waals surface area (Å²) < 4.78 is 10.7. The zero-order chi connectivity index (χ0) is 13.2. The standard InChI is InChI=1S/C12H20ClN3O2/c1-3-18-12-10(2)11(15-9-16-12)14-6-4-7-17-8-5-13/h9H,3-8H2,1-2H3,(H,14,15,16). The molecule has 0 aliphatic carbocycles. The van der Waals surface area contributed by atoms with Crippen LogP contribution in [0.15, 0.2) is 6.33 Å². The number of ether oxygens (including phenoxy) is 2. The number of nitrogens with zero attached hydrogens (tertiary/aromatic N) is 2. The average molecular weight is 274 g/mol. The average Bonchev–Trinajstić information content (AvgIpc) is 2.38. The van der Waals surface area contributed by atoms with Gasteiger partial charge in [0.15, 0.2) is 0 Å². The Morgan fingerprint density at radius 3 is 2.89 bits per heavy atom. The highest BCUT2D eigenvalue weighted by Gasteiger charge is 2.06. The van der Waals surface area contributed by atoms with Crippen LogP contribution >= 0.6 is 11.6 Å². The Morgan fingerprint density at radius 1 is 1.33 bits per heavy atom. The molecule has 0 amide bonds. The number of hydrogen-bond acceptors (Lipinski definition) is 5. The number of halogens is 1. The lowest BCUT2D eigenvalue weighted by atomic mass is 10.3. The highest BCUT2D eigenvalue weighted by atomic mass is 35.5. The molecule has 0 fully saturated rings.